The van der Waals surface area contributed by atoms with E-state index >= 15 is 0 Å². The van der Waals surface area contributed by atoms with Crippen LogP contribution in [-0.2, 0) is 21.2 Å². The molecule has 0 aliphatic heterocycles. The Labute approximate surface area is 161 Å². The van der Waals surface area contributed by atoms with Gasteiger partial charge in [-0.05, 0) is 43.7 Å². The minimum absolute atomic E-state index is 0.0398. The second-order valence-electron chi connectivity index (χ2n) is 5.31. The Morgan fingerprint density at radius 1 is 1.00 bits per heavy atom. The van der Waals surface area contributed by atoms with Crippen molar-refractivity contribution in [2.45, 2.75) is 25.2 Å². The lowest BCUT2D eigenvalue weighted by atomic mass is 10.1. The molecule has 2 rings (SSSR count). The van der Waals surface area contributed by atoms with Gasteiger partial charge in [0.2, 0.25) is 5.91 Å². The van der Waals surface area contributed by atoms with Crippen molar-refractivity contribution in [2.24, 2.45) is 0 Å². The molecule has 1 amide bonds. The Morgan fingerprint density at radius 3 is 2.23 bits per heavy atom. The van der Waals surface area contributed by atoms with Crippen LogP contribution >= 0.6 is 15.9 Å². The number of carbonyl (C=O) groups excluding carboxylic acids is 1. The molecule has 0 heterocycles. The normalized spacial score (nSPS) is 11.0. The maximum absolute atomic E-state index is 12.5. The first-order valence-electron chi connectivity index (χ1n) is 8.05. The Hall–Kier alpha value is -2.06. The largest absolute Gasteiger partial charge is 0.490 e. The predicted octanol–water partition coefficient (Wildman–Crippen LogP) is 3.29. The average Bonchev–Trinajstić information content (AvgIpc) is 2.58. The van der Waals surface area contributed by atoms with Gasteiger partial charge in [-0.15, -0.1) is 0 Å². The monoisotopic (exact) mass is 441 g/mol. The minimum Gasteiger partial charge on any atom is -0.490 e. The number of benzene rings is 2. The highest BCUT2D eigenvalue weighted by Crippen LogP contribution is 2.30. The standard InChI is InChI=1S/C18H20BrNO5S/c1-3-24-16-10-9-15(12-17(16)25-4-2)26(22,23)20-18(21)11-13-5-7-14(19)8-6-13/h5-10,12H,3-4,11H2,1-2H3,(H,20,21). The van der Waals surface area contributed by atoms with Gasteiger partial charge in [-0.1, -0.05) is 28.1 Å². The van der Waals surface area contributed by atoms with Crippen molar-refractivity contribution in [3.63, 3.8) is 0 Å². The number of carbonyl (C=O) groups is 1. The van der Waals surface area contributed by atoms with Crippen molar-refractivity contribution in [3.8, 4) is 11.5 Å². The van der Waals surface area contributed by atoms with Gasteiger partial charge in [0.25, 0.3) is 10.0 Å². The van der Waals surface area contributed by atoms with Crippen LogP contribution in [0.2, 0.25) is 0 Å². The third kappa shape index (κ3) is 5.47. The van der Waals surface area contributed by atoms with E-state index in [1.807, 2.05) is 6.92 Å². The summed E-state index contributed by atoms with van der Waals surface area (Å²) in [5, 5.41) is 0. The fourth-order valence-corrected chi connectivity index (χ4v) is 3.49. The van der Waals surface area contributed by atoms with Crippen LogP contribution in [0.4, 0.5) is 0 Å². The molecule has 0 aromatic heterocycles. The second-order valence-corrected chi connectivity index (χ2v) is 7.90. The number of rotatable bonds is 8. The Balaban J connectivity index is 2.16. The first-order valence-corrected chi connectivity index (χ1v) is 10.3. The summed E-state index contributed by atoms with van der Waals surface area (Å²) in [6, 6.07) is 11.3. The van der Waals surface area contributed by atoms with Crippen molar-refractivity contribution in [1.82, 2.24) is 4.72 Å². The van der Waals surface area contributed by atoms with Gasteiger partial charge in [0, 0.05) is 10.5 Å². The van der Waals surface area contributed by atoms with Gasteiger partial charge < -0.3 is 9.47 Å². The number of halogens is 1. The molecule has 0 radical (unpaired) electrons. The summed E-state index contributed by atoms with van der Waals surface area (Å²) in [4.78, 5) is 12.0. The molecule has 0 aliphatic rings. The van der Waals surface area contributed by atoms with Gasteiger partial charge in [-0.25, -0.2) is 13.1 Å². The molecule has 2 aromatic carbocycles. The SMILES string of the molecule is CCOc1ccc(S(=O)(=O)NC(=O)Cc2ccc(Br)cc2)cc1OCC. The topological polar surface area (TPSA) is 81.7 Å². The third-order valence-electron chi connectivity index (χ3n) is 3.35. The number of hydrogen-bond donors (Lipinski definition) is 1. The van der Waals surface area contributed by atoms with E-state index in [0.29, 0.717) is 30.3 Å². The zero-order valence-corrected chi connectivity index (χ0v) is 16.9. The number of sulfonamides is 1. The molecule has 0 atom stereocenters. The average molecular weight is 442 g/mol. The first kappa shape index (κ1) is 20.3. The summed E-state index contributed by atoms with van der Waals surface area (Å²) in [5.41, 5.74) is 0.711. The maximum Gasteiger partial charge on any atom is 0.264 e. The van der Waals surface area contributed by atoms with Crippen LogP contribution in [0.25, 0.3) is 0 Å². The van der Waals surface area contributed by atoms with E-state index in [9.17, 15) is 13.2 Å². The summed E-state index contributed by atoms with van der Waals surface area (Å²) >= 11 is 3.31. The highest BCUT2D eigenvalue weighted by Gasteiger charge is 2.20. The first-order chi connectivity index (χ1) is 12.4. The molecule has 0 saturated carbocycles. The zero-order chi connectivity index (χ0) is 19.2. The Kier molecular flexibility index (Phi) is 7.05. The van der Waals surface area contributed by atoms with Gasteiger partial charge in [0.1, 0.15) is 0 Å². The van der Waals surface area contributed by atoms with Crippen molar-refractivity contribution >= 4 is 31.9 Å². The van der Waals surface area contributed by atoms with Crippen molar-refractivity contribution < 1.29 is 22.7 Å². The molecular weight excluding hydrogens is 422 g/mol. The lowest BCUT2D eigenvalue weighted by molar-refractivity contribution is -0.118. The van der Waals surface area contributed by atoms with Crippen LogP contribution in [0, 0.1) is 0 Å². The molecule has 140 valence electrons. The van der Waals surface area contributed by atoms with Gasteiger partial charge >= 0.3 is 0 Å². The molecule has 0 aliphatic carbocycles. The minimum atomic E-state index is -4.00. The summed E-state index contributed by atoms with van der Waals surface area (Å²) in [6.07, 6.45) is -0.0398. The van der Waals surface area contributed by atoms with E-state index < -0.39 is 15.9 Å². The number of ether oxygens (including phenoxy) is 2. The molecule has 26 heavy (non-hydrogen) atoms. The molecule has 6 nitrogen and oxygen atoms in total. The smallest absolute Gasteiger partial charge is 0.264 e. The number of nitrogens with one attached hydrogen (secondary N) is 1. The van der Waals surface area contributed by atoms with Crippen LogP contribution in [-0.4, -0.2) is 27.5 Å². The van der Waals surface area contributed by atoms with Crippen LogP contribution in [0.1, 0.15) is 19.4 Å². The van der Waals surface area contributed by atoms with E-state index in [0.717, 1.165) is 4.47 Å². The van der Waals surface area contributed by atoms with Crippen molar-refractivity contribution in [3.05, 3.63) is 52.5 Å². The summed E-state index contributed by atoms with van der Waals surface area (Å²) in [7, 11) is -4.00. The van der Waals surface area contributed by atoms with Crippen molar-refractivity contribution in [1.29, 1.82) is 0 Å². The molecule has 8 heteroatoms. The fourth-order valence-electron chi connectivity index (χ4n) is 2.23. The molecule has 0 bridgehead atoms. The molecule has 2 aromatic rings. The quantitative estimate of drug-likeness (QED) is 0.679. The van der Waals surface area contributed by atoms with Crippen molar-refractivity contribution in [2.75, 3.05) is 13.2 Å². The highest BCUT2D eigenvalue weighted by atomic mass is 79.9. The second kappa shape index (κ2) is 9.05. The predicted molar refractivity (Wildman–Crippen MR) is 102 cm³/mol. The Bertz CT molecular complexity index is 866. The lowest BCUT2D eigenvalue weighted by Gasteiger charge is -2.13. The summed E-state index contributed by atoms with van der Waals surface area (Å²) in [6.45, 7) is 4.40. The van der Waals surface area contributed by atoms with Gasteiger partial charge in [-0.3, -0.25) is 4.79 Å². The van der Waals surface area contributed by atoms with E-state index in [-0.39, 0.29) is 11.3 Å². The molecule has 0 spiro atoms. The summed E-state index contributed by atoms with van der Waals surface area (Å²) < 4.78 is 38.8. The maximum atomic E-state index is 12.5. The fraction of sp³-hybridized carbons (Fsp3) is 0.278. The van der Waals surface area contributed by atoms with E-state index in [1.54, 1.807) is 31.2 Å². The van der Waals surface area contributed by atoms with Crippen LogP contribution in [0.15, 0.2) is 51.8 Å². The number of hydrogen-bond acceptors (Lipinski definition) is 5. The molecular formula is C18H20BrNO5S. The Morgan fingerprint density at radius 2 is 1.62 bits per heavy atom. The molecule has 0 fully saturated rings. The molecule has 0 unspecified atom stereocenters. The van der Waals surface area contributed by atoms with Crippen LogP contribution in [0.3, 0.4) is 0 Å². The number of amides is 1. The highest BCUT2D eigenvalue weighted by molar-refractivity contribution is 9.10. The molecule has 1 N–H and O–H groups in total. The van der Waals surface area contributed by atoms with Gasteiger partial charge in [-0.2, -0.15) is 0 Å². The van der Waals surface area contributed by atoms with E-state index in [1.165, 1.54) is 18.2 Å². The molecule has 0 saturated heterocycles. The van der Waals surface area contributed by atoms with Crippen LogP contribution < -0.4 is 14.2 Å². The van der Waals surface area contributed by atoms with Crippen LogP contribution in [0.5, 0.6) is 11.5 Å². The zero-order valence-electron chi connectivity index (χ0n) is 14.5. The van der Waals surface area contributed by atoms with E-state index in [2.05, 4.69) is 20.7 Å². The lowest BCUT2D eigenvalue weighted by Crippen LogP contribution is -2.31. The third-order valence-corrected chi connectivity index (χ3v) is 5.25. The van der Waals surface area contributed by atoms with Gasteiger partial charge in [0.05, 0.1) is 24.5 Å². The summed E-state index contributed by atoms with van der Waals surface area (Å²) in [5.74, 6) is 0.159. The van der Waals surface area contributed by atoms with Gasteiger partial charge in [0.15, 0.2) is 11.5 Å². The van der Waals surface area contributed by atoms with E-state index in [4.69, 9.17) is 9.47 Å².